The zero-order valence-electron chi connectivity index (χ0n) is 16.6. The Bertz CT molecular complexity index is 1000. The highest BCUT2D eigenvalue weighted by atomic mass is 19.1. The Hall–Kier alpha value is -3.42. The minimum Gasteiger partial charge on any atom is -0.444 e. The van der Waals surface area contributed by atoms with Crippen molar-refractivity contribution in [1.82, 2.24) is 15.6 Å². The molecule has 0 spiro atoms. The maximum Gasteiger partial charge on any atom is 0.226 e. The number of aromatic nitrogens is 1. The van der Waals surface area contributed by atoms with E-state index in [9.17, 15) is 8.78 Å². The number of guanidine groups is 1. The number of aliphatic imine (C=N–C) groups is 1. The molecule has 4 rings (SSSR count). The van der Waals surface area contributed by atoms with Crippen LogP contribution in [0.2, 0.25) is 0 Å². The lowest BCUT2D eigenvalue weighted by Crippen LogP contribution is -2.44. The first-order valence-electron chi connectivity index (χ1n) is 9.80. The Morgan fingerprint density at radius 2 is 1.93 bits per heavy atom. The average Bonchev–Trinajstić information content (AvgIpc) is 3.41. The van der Waals surface area contributed by atoms with Crippen LogP contribution in [-0.2, 0) is 6.54 Å². The number of hydrogen-bond donors (Lipinski definition) is 2. The summed E-state index contributed by atoms with van der Waals surface area (Å²) in [6, 6.07) is 13.6. The predicted molar refractivity (Wildman–Crippen MR) is 112 cm³/mol. The van der Waals surface area contributed by atoms with Crippen LogP contribution in [0.3, 0.4) is 0 Å². The standard InChI is InChI=1S/C22H23F2N5O/c1-25-22(26-12-17-14-30-21(27-17)15-6-3-2-4-7-15)28-16-10-11-29(13-16)20-18(23)8-5-9-19(20)24/h2-9,14,16H,10-13H2,1H3,(H2,25,26,28). The molecule has 0 aliphatic carbocycles. The van der Waals surface area contributed by atoms with E-state index < -0.39 is 11.6 Å². The summed E-state index contributed by atoms with van der Waals surface area (Å²) >= 11 is 0. The fourth-order valence-electron chi connectivity index (χ4n) is 3.54. The van der Waals surface area contributed by atoms with E-state index in [1.54, 1.807) is 18.2 Å². The van der Waals surface area contributed by atoms with E-state index in [-0.39, 0.29) is 11.7 Å². The van der Waals surface area contributed by atoms with Crippen molar-refractivity contribution in [2.45, 2.75) is 19.0 Å². The van der Waals surface area contributed by atoms with Crippen molar-refractivity contribution in [3.05, 3.63) is 72.1 Å². The van der Waals surface area contributed by atoms with E-state index >= 15 is 0 Å². The number of nitrogens with zero attached hydrogens (tertiary/aromatic N) is 3. The van der Waals surface area contributed by atoms with E-state index in [2.05, 4.69) is 20.6 Å². The minimum atomic E-state index is -0.543. The van der Waals surface area contributed by atoms with Crippen LogP contribution < -0.4 is 15.5 Å². The van der Waals surface area contributed by atoms with Crippen molar-refractivity contribution in [3.63, 3.8) is 0 Å². The van der Waals surface area contributed by atoms with Gasteiger partial charge in [-0.2, -0.15) is 0 Å². The highest BCUT2D eigenvalue weighted by Crippen LogP contribution is 2.26. The van der Waals surface area contributed by atoms with Gasteiger partial charge in [0, 0.05) is 31.7 Å². The Morgan fingerprint density at radius 1 is 1.17 bits per heavy atom. The lowest BCUT2D eigenvalue weighted by molar-refractivity contribution is 0.571. The smallest absolute Gasteiger partial charge is 0.226 e. The molecule has 0 bridgehead atoms. The molecular formula is C22H23F2N5O. The third kappa shape index (κ3) is 4.42. The van der Waals surface area contributed by atoms with Crippen LogP contribution >= 0.6 is 0 Å². The van der Waals surface area contributed by atoms with Gasteiger partial charge in [-0.05, 0) is 30.7 Å². The fourth-order valence-corrected chi connectivity index (χ4v) is 3.54. The lowest BCUT2D eigenvalue weighted by Gasteiger charge is -2.21. The summed E-state index contributed by atoms with van der Waals surface area (Å²) in [5.41, 5.74) is 1.69. The van der Waals surface area contributed by atoms with Gasteiger partial charge < -0.3 is 20.0 Å². The molecule has 30 heavy (non-hydrogen) atoms. The number of oxazole rings is 1. The van der Waals surface area contributed by atoms with Gasteiger partial charge in [-0.25, -0.2) is 13.8 Å². The molecule has 1 unspecified atom stereocenters. The van der Waals surface area contributed by atoms with Gasteiger partial charge >= 0.3 is 0 Å². The number of para-hydroxylation sites is 1. The maximum atomic E-state index is 14.0. The summed E-state index contributed by atoms with van der Waals surface area (Å²) in [7, 11) is 1.68. The predicted octanol–water partition coefficient (Wildman–Crippen LogP) is 3.56. The molecule has 2 heterocycles. The molecule has 1 atom stereocenters. The molecule has 2 aromatic carbocycles. The number of benzene rings is 2. The third-order valence-electron chi connectivity index (χ3n) is 5.02. The monoisotopic (exact) mass is 411 g/mol. The van der Waals surface area contributed by atoms with Crippen molar-refractivity contribution >= 4 is 11.6 Å². The molecule has 2 N–H and O–H groups in total. The number of nitrogens with one attached hydrogen (secondary N) is 2. The first-order valence-corrected chi connectivity index (χ1v) is 9.80. The van der Waals surface area contributed by atoms with E-state index in [1.807, 2.05) is 30.3 Å². The Labute approximate surface area is 173 Å². The zero-order valence-corrected chi connectivity index (χ0v) is 16.6. The molecule has 1 aromatic heterocycles. The fraction of sp³-hybridized carbons (Fsp3) is 0.273. The van der Waals surface area contributed by atoms with Crippen molar-refractivity contribution in [1.29, 1.82) is 0 Å². The lowest BCUT2D eigenvalue weighted by atomic mass is 10.2. The molecule has 3 aromatic rings. The molecule has 156 valence electrons. The van der Waals surface area contributed by atoms with E-state index in [0.29, 0.717) is 31.5 Å². The van der Waals surface area contributed by atoms with Gasteiger partial charge in [0.1, 0.15) is 23.6 Å². The highest BCUT2D eigenvalue weighted by Gasteiger charge is 2.27. The van der Waals surface area contributed by atoms with Crippen molar-refractivity contribution in [3.8, 4) is 11.5 Å². The first-order chi connectivity index (χ1) is 14.6. The van der Waals surface area contributed by atoms with Gasteiger partial charge in [-0.3, -0.25) is 4.99 Å². The van der Waals surface area contributed by atoms with Crippen LogP contribution in [0.15, 0.2) is 64.2 Å². The largest absolute Gasteiger partial charge is 0.444 e. The number of halogens is 2. The van der Waals surface area contributed by atoms with E-state index in [4.69, 9.17) is 4.42 Å². The summed E-state index contributed by atoms with van der Waals surface area (Å²) in [6.07, 6.45) is 2.36. The van der Waals surface area contributed by atoms with Crippen molar-refractivity contribution in [2.24, 2.45) is 4.99 Å². The van der Waals surface area contributed by atoms with Gasteiger partial charge in [0.25, 0.3) is 0 Å². The van der Waals surface area contributed by atoms with Crippen LogP contribution in [-0.4, -0.2) is 37.1 Å². The molecule has 0 amide bonds. The van der Waals surface area contributed by atoms with Crippen LogP contribution in [0, 0.1) is 11.6 Å². The normalized spacial score (nSPS) is 16.7. The Kier molecular flexibility index (Phi) is 5.92. The van der Waals surface area contributed by atoms with Crippen molar-refractivity contribution in [2.75, 3.05) is 25.0 Å². The van der Waals surface area contributed by atoms with Crippen LogP contribution in [0.4, 0.5) is 14.5 Å². The third-order valence-corrected chi connectivity index (χ3v) is 5.02. The molecule has 1 aliphatic heterocycles. The van der Waals surface area contributed by atoms with E-state index in [1.165, 1.54) is 18.2 Å². The number of anilines is 1. The number of hydrogen-bond acceptors (Lipinski definition) is 4. The Balaban J connectivity index is 1.32. The van der Waals surface area contributed by atoms with Crippen LogP contribution in [0.5, 0.6) is 0 Å². The molecule has 8 heteroatoms. The summed E-state index contributed by atoms with van der Waals surface area (Å²) in [4.78, 5) is 10.4. The topological polar surface area (TPSA) is 65.7 Å². The van der Waals surface area contributed by atoms with Gasteiger partial charge in [0.05, 0.1) is 12.2 Å². The molecule has 1 fully saturated rings. The molecule has 1 aliphatic rings. The van der Waals surface area contributed by atoms with E-state index in [0.717, 1.165) is 17.7 Å². The zero-order chi connectivity index (χ0) is 20.9. The quantitative estimate of drug-likeness (QED) is 0.496. The molecule has 0 saturated carbocycles. The van der Waals surface area contributed by atoms with Gasteiger partial charge in [-0.15, -0.1) is 0 Å². The maximum absolute atomic E-state index is 14.0. The molecular weight excluding hydrogens is 388 g/mol. The number of rotatable bonds is 5. The Morgan fingerprint density at radius 3 is 2.67 bits per heavy atom. The summed E-state index contributed by atoms with van der Waals surface area (Å²) in [5, 5.41) is 6.51. The summed E-state index contributed by atoms with van der Waals surface area (Å²) in [5.74, 6) is 0.0747. The average molecular weight is 411 g/mol. The molecule has 6 nitrogen and oxygen atoms in total. The summed E-state index contributed by atoms with van der Waals surface area (Å²) < 4.78 is 33.6. The van der Waals surface area contributed by atoms with Gasteiger partial charge in [-0.1, -0.05) is 24.3 Å². The molecule has 0 radical (unpaired) electrons. The van der Waals surface area contributed by atoms with Crippen LogP contribution in [0.25, 0.3) is 11.5 Å². The summed E-state index contributed by atoms with van der Waals surface area (Å²) in [6.45, 7) is 1.49. The second-order valence-corrected chi connectivity index (χ2v) is 7.08. The van der Waals surface area contributed by atoms with Crippen molar-refractivity contribution < 1.29 is 13.2 Å². The second kappa shape index (κ2) is 8.94. The molecule has 1 saturated heterocycles. The SMILES string of the molecule is CN=C(NCc1coc(-c2ccccc2)n1)NC1CCN(c2c(F)cccc2F)C1. The minimum absolute atomic E-state index is 0.0207. The second-order valence-electron chi connectivity index (χ2n) is 7.08. The van der Waals surface area contributed by atoms with Gasteiger partial charge in [0.15, 0.2) is 5.96 Å². The first kappa shape index (κ1) is 19.9. The van der Waals surface area contributed by atoms with Crippen LogP contribution in [0.1, 0.15) is 12.1 Å². The highest BCUT2D eigenvalue weighted by molar-refractivity contribution is 5.80. The van der Waals surface area contributed by atoms with Gasteiger partial charge in [0.2, 0.25) is 5.89 Å².